The van der Waals surface area contributed by atoms with Crippen molar-refractivity contribution >= 4 is 5.94 Å². The van der Waals surface area contributed by atoms with E-state index in [-0.39, 0.29) is 6.61 Å². The minimum Gasteiger partial charge on any atom is -0.484 e. The molecule has 0 bridgehead atoms. The summed E-state index contributed by atoms with van der Waals surface area (Å²) in [5.41, 5.74) is -2.88. The Bertz CT molecular complexity index is 495. The van der Waals surface area contributed by atoms with Crippen molar-refractivity contribution in [2.45, 2.75) is 44.9 Å². The number of methoxy groups -OCH3 is 1. The molecule has 0 fully saturated rings. The van der Waals surface area contributed by atoms with E-state index < -0.39 is 35.8 Å². The first-order chi connectivity index (χ1) is 10.1. The van der Waals surface area contributed by atoms with Crippen LogP contribution in [0.25, 0.3) is 0 Å². The van der Waals surface area contributed by atoms with Crippen LogP contribution in [0.4, 0.5) is 13.2 Å². The SMILES string of the molecule is COC(C)(C)CCOC(=C=O)C(C#N)(C#N)CCC(F)(F)F. The van der Waals surface area contributed by atoms with Gasteiger partial charge in [-0.1, -0.05) is 0 Å². The van der Waals surface area contributed by atoms with Crippen molar-refractivity contribution in [1.29, 1.82) is 10.5 Å². The quantitative estimate of drug-likeness (QED) is 0.507. The summed E-state index contributed by atoms with van der Waals surface area (Å²) in [5, 5.41) is 18.1. The topological polar surface area (TPSA) is 83.1 Å². The fourth-order valence-corrected chi connectivity index (χ4v) is 1.42. The van der Waals surface area contributed by atoms with E-state index in [1.54, 1.807) is 13.8 Å². The predicted molar refractivity (Wildman–Crippen MR) is 69.8 cm³/mol. The number of nitriles is 2. The normalized spacial score (nSPS) is 12.0. The highest BCUT2D eigenvalue weighted by Crippen LogP contribution is 2.35. The van der Waals surface area contributed by atoms with E-state index in [1.807, 2.05) is 0 Å². The molecular weight excluding hydrogens is 301 g/mol. The van der Waals surface area contributed by atoms with Crippen LogP contribution in [-0.4, -0.2) is 31.4 Å². The van der Waals surface area contributed by atoms with Gasteiger partial charge in [0.15, 0.2) is 5.94 Å². The van der Waals surface area contributed by atoms with Gasteiger partial charge in [0.1, 0.15) is 0 Å². The first-order valence-electron chi connectivity index (χ1n) is 6.38. The van der Waals surface area contributed by atoms with Crippen molar-refractivity contribution in [3.8, 4) is 12.1 Å². The summed E-state index contributed by atoms with van der Waals surface area (Å²) in [7, 11) is 1.47. The van der Waals surface area contributed by atoms with E-state index in [9.17, 15) is 18.0 Å². The molecule has 0 spiro atoms. The molecule has 0 saturated heterocycles. The van der Waals surface area contributed by atoms with Crippen molar-refractivity contribution in [2.75, 3.05) is 13.7 Å². The molecular formula is C14H17F3N2O3. The molecule has 0 aliphatic heterocycles. The number of hydrogen-bond acceptors (Lipinski definition) is 5. The molecule has 0 aromatic heterocycles. The molecule has 0 aliphatic carbocycles. The monoisotopic (exact) mass is 318 g/mol. The lowest BCUT2D eigenvalue weighted by Gasteiger charge is -2.25. The Labute approximate surface area is 126 Å². The van der Waals surface area contributed by atoms with Gasteiger partial charge in [0, 0.05) is 20.0 Å². The lowest BCUT2D eigenvalue weighted by molar-refractivity contribution is -0.138. The standard InChI is InChI=1S/C14H17F3N2O3/c1-12(2,21-3)6-7-22-11(8-20)13(9-18,10-19)4-5-14(15,16)17/h4-7H2,1-3H3. The number of allylic oxidation sites excluding steroid dienone is 1. The number of rotatable bonds is 8. The third kappa shape index (κ3) is 6.17. The Morgan fingerprint density at radius 1 is 1.09 bits per heavy atom. The molecule has 8 heteroatoms. The van der Waals surface area contributed by atoms with Gasteiger partial charge in [-0.25, -0.2) is 4.79 Å². The summed E-state index contributed by atoms with van der Waals surface area (Å²) in [6, 6.07) is 2.87. The maximum Gasteiger partial charge on any atom is 0.389 e. The average Bonchev–Trinajstić information content (AvgIpc) is 2.45. The highest BCUT2D eigenvalue weighted by molar-refractivity contribution is 5.56. The van der Waals surface area contributed by atoms with Gasteiger partial charge >= 0.3 is 6.18 Å². The Kier molecular flexibility index (Phi) is 7.12. The molecule has 0 unspecified atom stereocenters. The molecule has 0 amide bonds. The van der Waals surface area contributed by atoms with Crippen molar-refractivity contribution in [3.05, 3.63) is 5.76 Å². The molecule has 0 N–H and O–H groups in total. The van der Waals surface area contributed by atoms with Gasteiger partial charge in [-0.05, 0) is 20.3 Å². The zero-order valence-corrected chi connectivity index (χ0v) is 12.6. The second-order valence-corrected chi connectivity index (χ2v) is 5.24. The molecule has 0 atom stereocenters. The van der Waals surface area contributed by atoms with Gasteiger partial charge in [0.2, 0.25) is 11.2 Å². The molecule has 0 aromatic carbocycles. The summed E-state index contributed by atoms with van der Waals surface area (Å²) in [4.78, 5) is 10.9. The molecule has 0 aliphatic rings. The highest BCUT2D eigenvalue weighted by Gasteiger charge is 2.42. The maximum absolute atomic E-state index is 12.3. The van der Waals surface area contributed by atoms with E-state index in [4.69, 9.17) is 20.0 Å². The zero-order chi connectivity index (χ0) is 17.4. The number of ether oxygens (including phenoxy) is 2. The van der Waals surface area contributed by atoms with Crippen LogP contribution in [-0.2, 0) is 14.3 Å². The van der Waals surface area contributed by atoms with Gasteiger partial charge in [-0.3, -0.25) is 0 Å². The molecule has 5 nitrogen and oxygen atoms in total. The number of hydrogen-bond donors (Lipinski definition) is 0. The summed E-state index contributed by atoms with van der Waals surface area (Å²) >= 11 is 0. The molecule has 0 radical (unpaired) electrons. The average molecular weight is 318 g/mol. The van der Waals surface area contributed by atoms with Crippen molar-refractivity contribution in [2.24, 2.45) is 5.41 Å². The fourth-order valence-electron chi connectivity index (χ4n) is 1.42. The number of halogens is 3. The minimum atomic E-state index is -4.55. The molecule has 0 aromatic rings. The maximum atomic E-state index is 12.3. The Morgan fingerprint density at radius 2 is 1.64 bits per heavy atom. The highest BCUT2D eigenvalue weighted by atomic mass is 19.4. The fraction of sp³-hybridized carbons (Fsp3) is 0.714. The van der Waals surface area contributed by atoms with Crippen LogP contribution < -0.4 is 0 Å². The Morgan fingerprint density at radius 3 is 2.00 bits per heavy atom. The van der Waals surface area contributed by atoms with Crippen LogP contribution in [0.3, 0.4) is 0 Å². The predicted octanol–water partition coefficient (Wildman–Crippen LogP) is 2.91. The lowest BCUT2D eigenvalue weighted by atomic mass is 9.84. The largest absolute Gasteiger partial charge is 0.484 e. The Balaban J connectivity index is 5.03. The van der Waals surface area contributed by atoms with Gasteiger partial charge in [-0.15, -0.1) is 0 Å². The van der Waals surface area contributed by atoms with Crippen molar-refractivity contribution < 1.29 is 27.4 Å². The molecule has 0 saturated carbocycles. The van der Waals surface area contributed by atoms with E-state index in [1.165, 1.54) is 25.2 Å². The minimum absolute atomic E-state index is 0.0947. The van der Waals surface area contributed by atoms with Gasteiger partial charge in [0.25, 0.3) is 0 Å². The summed E-state index contributed by atoms with van der Waals surface area (Å²) < 4.78 is 47.0. The first kappa shape index (κ1) is 20.0. The smallest absolute Gasteiger partial charge is 0.389 e. The van der Waals surface area contributed by atoms with Crippen LogP contribution in [0.15, 0.2) is 5.76 Å². The summed E-state index contributed by atoms with van der Waals surface area (Å²) in [5.74, 6) is 0.549. The van der Waals surface area contributed by atoms with Crippen molar-refractivity contribution in [3.63, 3.8) is 0 Å². The van der Waals surface area contributed by atoms with E-state index in [0.717, 1.165) is 0 Å². The second kappa shape index (κ2) is 7.84. The Hall–Kier alpha value is -2.02. The van der Waals surface area contributed by atoms with Gasteiger partial charge in [0.05, 0.1) is 24.3 Å². The first-order valence-corrected chi connectivity index (χ1v) is 6.38. The van der Waals surface area contributed by atoms with Crippen LogP contribution in [0, 0.1) is 28.1 Å². The van der Waals surface area contributed by atoms with E-state index in [0.29, 0.717) is 6.42 Å². The third-order valence-corrected chi connectivity index (χ3v) is 3.15. The molecule has 0 rings (SSSR count). The van der Waals surface area contributed by atoms with Crippen molar-refractivity contribution in [1.82, 2.24) is 0 Å². The summed E-state index contributed by atoms with van der Waals surface area (Å²) in [6.07, 6.45) is -6.51. The molecule has 122 valence electrons. The lowest BCUT2D eigenvalue weighted by Crippen LogP contribution is -2.28. The summed E-state index contributed by atoms with van der Waals surface area (Å²) in [6.45, 7) is 3.39. The van der Waals surface area contributed by atoms with E-state index in [2.05, 4.69) is 0 Å². The number of alkyl halides is 3. The third-order valence-electron chi connectivity index (χ3n) is 3.15. The zero-order valence-electron chi connectivity index (χ0n) is 12.6. The van der Waals surface area contributed by atoms with Crippen LogP contribution in [0.5, 0.6) is 0 Å². The number of nitrogens with zero attached hydrogens (tertiary/aromatic N) is 2. The van der Waals surface area contributed by atoms with Crippen LogP contribution in [0.1, 0.15) is 33.1 Å². The van der Waals surface area contributed by atoms with Gasteiger partial charge < -0.3 is 9.47 Å². The molecule has 22 heavy (non-hydrogen) atoms. The number of carbonyl (C=O) groups excluding carboxylic acids is 1. The van der Waals surface area contributed by atoms with Crippen LogP contribution in [0.2, 0.25) is 0 Å². The van der Waals surface area contributed by atoms with E-state index >= 15 is 0 Å². The van der Waals surface area contributed by atoms with Crippen LogP contribution >= 0.6 is 0 Å². The second-order valence-electron chi connectivity index (χ2n) is 5.24. The molecule has 0 heterocycles. The van der Waals surface area contributed by atoms with Gasteiger partial charge in [-0.2, -0.15) is 23.7 Å².